The molecule has 2 aromatic rings. The number of nitrogens with one attached hydrogen (secondary N) is 2. The number of anilines is 1. The number of guanidine groups is 1. The summed E-state index contributed by atoms with van der Waals surface area (Å²) in [6, 6.07) is 5.73. The molecule has 0 saturated heterocycles. The molecule has 0 spiro atoms. The summed E-state index contributed by atoms with van der Waals surface area (Å²) in [5.41, 5.74) is 2.13. The molecule has 0 unspecified atom stereocenters. The number of ether oxygens (including phenoxy) is 2. The van der Waals surface area contributed by atoms with Gasteiger partial charge in [0, 0.05) is 38.6 Å². The van der Waals surface area contributed by atoms with Gasteiger partial charge >= 0.3 is 0 Å². The van der Waals surface area contributed by atoms with Crippen LogP contribution in [0.2, 0.25) is 0 Å². The van der Waals surface area contributed by atoms with Gasteiger partial charge in [0.25, 0.3) is 0 Å². The van der Waals surface area contributed by atoms with Gasteiger partial charge in [-0.2, -0.15) is 5.10 Å². The molecule has 25 heavy (non-hydrogen) atoms. The zero-order valence-electron chi connectivity index (χ0n) is 15.4. The number of aliphatic imine (C=N–C) groups is 1. The molecule has 0 aliphatic heterocycles. The second-order valence-electron chi connectivity index (χ2n) is 5.55. The van der Waals surface area contributed by atoms with Crippen molar-refractivity contribution < 1.29 is 9.47 Å². The molecule has 0 aliphatic rings. The Morgan fingerprint density at radius 1 is 1.32 bits per heavy atom. The van der Waals surface area contributed by atoms with E-state index in [1.807, 2.05) is 49.2 Å². The highest BCUT2D eigenvalue weighted by atomic mass is 16.5. The van der Waals surface area contributed by atoms with Crippen molar-refractivity contribution >= 4 is 11.6 Å². The summed E-state index contributed by atoms with van der Waals surface area (Å²) in [5.74, 6) is 2.14. The molecule has 7 nitrogen and oxygen atoms in total. The minimum Gasteiger partial charge on any atom is -0.493 e. The van der Waals surface area contributed by atoms with Crippen LogP contribution in [-0.2, 0) is 13.5 Å². The third-order valence-corrected chi connectivity index (χ3v) is 3.64. The van der Waals surface area contributed by atoms with E-state index in [9.17, 15) is 0 Å². The summed E-state index contributed by atoms with van der Waals surface area (Å²) < 4.78 is 12.7. The fraction of sp³-hybridized carbons (Fsp3) is 0.444. The van der Waals surface area contributed by atoms with Crippen LogP contribution in [-0.4, -0.2) is 43.0 Å². The molecule has 0 bridgehead atoms. The van der Waals surface area contributed by atoms with Crippen LogP contribution in [0.5, 0.6) is 11.5 Å². The number of hydrogen-bond acceptors (Lipinski definition) is 4. The van der Waals surface area contributed by atoms with Gasteiger partial charge in [-0.25, -0.2) is 0 Å². The van der Waals surface area contributed by atoms with E-state index in [0.717, 1.165) is 36.8 Å². The van der Waals surface area contributed by atoms with Gasteiger partial charge in [0.2, 0.25) is 0 Å². The average Bonchev–Trinajstić information content (AvgIpc) is 3.04. The lowest BCUT2D eigenvalue weighted by Gasteiger charge is -2.14. The molecule has 136 valence electrons. The van der Waals surface area contributed by atoms with Crippen LogP contribution in [0.15, 0.2) is 35.6 Å². The number of rotatable bonds is 8. The van der Waals surface area contributed by atoms with Crippen molar-refractivity contribution in [1.29, 1.82) is 0 Å². The van der Waals surface area contributed by atoms with E-state index in [1.165, 1.54) is 5.56 Å². The van der Waals surface area contributed by atoms with Crippen molar-refractivity contribution in [1.82, 2.24) is 15.1 Å². The lowest BCUT2D eigenvalue weighted by molar-refractivity contribution is 0.311. The first-order valence-electron chi connectivity index (χ1n) is 8.42. The lowest BCUT2D eigenvalue weighted by Crippen LogP contribution is -2.31. The highest BCUT2D eigenvalue weighted by Crippen LogP contribution is 2.30. The van der Waals surface area contributed by atoms with Gasteiger partial charge < -0.3 is 20.1 Å². The second-order valence-corrected chi connectivity index (χ2v) is 5.55. The van der Waals surface area contributed by atoms with E-state index in [4.69, 9.17) is 9.47 Å². The fourth-order valence-corrected chi connectivity index (χ4v) is 2.44. The van der Waals surface area contributed by atoms with Crippen molar-refractivity contribution in [3.05, 3.63) is 36.2 Å². The summed E-state index contributed by atoms with van der Waals surface area (Å²) >= 11 is 0. The summed E-state index contributed by atoms with van der Waals surface area (Å²) in [6.07, 6.45) is 5.92. The normalized spacial score (nSPS) is 11.3. The van der Waals surface area contributed by atoms with Crippen molar-refractivity contribution in [2.45, 2.75) is 19.8 Å². The predicted molar refractivity (Wildman–Crippen MR) is 101 cm³/mol. The molecule has 0 amide bonds. The van der Waals surface area contributed by atoms with Crippen molar-refractivity contribution in [2.24, 2.45) is 12.0 Å². The average molecular weight is 345 g/mol. The minimum absolute atomic E-state index is 0.600. The molecule has 0 fully saturated rings. The van der Waals surface area contributed by atoms with E-state index in [0.29, 0.717) is 12.4 Å². The van der Waals surface area contributed by atoms with Gasteiger partial charge in [0.05, 0.1) is 19.9 Å². The summed E-state index contributed by atoms with van der Waals surface area (Å²) in [6.45, 7) is 3.37. The smallest absolute Gasteiger partial charge is 0.195 e. The molecule has 1 aromatic heterocycles. The number of hydrogen-bond donors (Lipinski definition) is 2. The number of benzene rings is 1. The zero-order valence-corrected chi connectivity index (χ0v) is 15.4. The minimum atomic E-state index is 0.600. The summed E-state index contributed by atoms with van der Waals surface area (Å²) in [7, 11) is 5.31. The SMILES string of the molecule is CCOc1ccc(NC(=NC)NCCCc2cnn(C)c2)cc1OC. The largest absolute Gasteiger partial charge is 0.493 e. The lowest BCUT2D eigenvalue weighted by atomic mass is 10.2. The second kappa shape index (κ2) is 9.56. The highest BCUT2D eigenvalue weighted by molar-refractivity contribution is 5.93. The number of aryl methyl sites for hydroxylation is 2. The zero-order chi connectivity index (χ0) is 18.1. The molecule has 1 aromatic carbocycles. The van der Waals surface area contributed by atoms with Crippen molar-refractivity contribution in [3.8, 4) is 11.5 Å². The van der Waals surface area contributed by atoms with Crippen molar-refractivity contribution in [3.63, 3.8) is 0 Å². The Morgan fingerprint density at radius 3 is 2.80 bits per heavy atom. The standard InChI is InChI=1S/C18H27N5O2/c1-5-25-16-9-8-15(11-17(16)24-4)22-18(19-2)20-10-6-7-14-12-21-23(3)13-14/h8-9,11-13H,5-7,10H2,1-4H3,(H2,19,20,22). The van der Waals surface area contributed by atoms with Gasteiger partial charge in [-0.15, -0.1) is 0 Å². The Kier molecular flexibility index (Phi) is 7.13. The van der Waals surface area contributed by atoms with Gasteiger partial charge in [-0.05, 0) is 37.5 Å². The van der Waals surface area contributed by atoms with E-state index >= 15 is 0 Å². The van der Waals surface area contributed by atoms with Crippen LogP contribution in [0.3, 0.4) is 0 Å². The van der Waals surface area contributed by atoms with Gasteiger partial charge in [0.15, 0.2) is 17.5 Å². The molecular formula is C18H27N5O2. The van der Waals surface area contributed by atoms with Gasteiger partial charge in [-0.1, -0.05) is 0 Å². The monoisotopic (exact) mass is 345 g/mol. The molecule has 0 saturated carbocycles. The van der Waals surface area contributed by atoms with Crippen molar-refractivity contribution in [2.75, 3.05) is 32.6 Å². The molecular weight excluding hydrogens is 318 g/mol. The van der Waals surface area contributed by atoms with Gasteiger partial charge in [-0.3, -0.25) is 9.67 Å². The van der Waals surface area contributed by atoms with Crippen LogP contribution in [0, 0.1) is 0 Å². The van der Waals surface area contributed by atoms with Crippen LogP contribution in [0.4, 0.5) is 5.69 Å². The first-order chi connectivity index (χ1) is 12.2. The Labute approximate surface area is 149 Å². The Bertz CT molecular complexity index is 697. The fourth-order valence-electron chi connectivity index (χ4n) is 2.44. The van der Waals surface area contributed by atoms with Crippen LogP contribution in [0.1, 0.15) is 18.9 Å². The van der Waals surface area contributed by atoms with Crippen LogP contribution < -0.4 is 20.1 Å². The molecule has 0 atom stereocenters. The third-order valence-electron chi connectivity index (χ3n) is 3.64. The van der Waals surface area contributed by atoms with E-state index in [2.05, 4.69) is 20.7 Å². The van der Waals surface area contributed by atoms with Crippen LogP contribution >= 0.6 is 0 Å². The summed E-state index contributed by atoms with van der Waals surface area (Å²) in [4.78, 5) is 4.25. The van der Waals surface area contributed by atoms with E-state index in [-0.39, 0.29) is 0 Å². The van der Waals surface area contributed by atoms with Crippen LogP contribution in [0.25, 0.3) is 0 Å². The molecule has 0 radical (unpaired) electrons. The Morgan fingerprint density at radius 2 is 2.16 bits per heavy atom. The molecule has 7 heteroatoms. The first-order valence-corrected chi connectivity index (χ1v) is 8.42. The highest BCUT2D eigenvalue weighted by Gasteiger charge is 2.07. The predicted octanol–water partition coefficient (Wildman–Crippen LogP) is 2.45. The number of methoxy groups -OCH3 is 1. The van der Waals surface area contributed by atoms with E-state index < -0.39 is 0 Å². The topological polar surface area (TPSA) is 72.7 Å². The third kappa shape index (κ3) is 5.70. The number of aromatic nitrogens is 2. The molecule has 1 heterocycles. The quantitative estimate of drug-likeness (QED) is 0.437. The number of nitrogens with zero attached hydrogens (tertiary/aromatic N) is 3. The van der Waals surface area contributed by atoms with Gasteiger partial charge in [0.1, 0.15) is 0 Å². The molecule has 2 N–H and O–H groups in total. The Hall–Kier alpha value is -2.70. The molecule has 2 rings (SSSR count). The van der Waals surface area contributed by atoms with E-state index in [1.54, 1.807) is 14.2 Å². The summed E-state index contributed by atoms with van der Waals surface area (Å²) in [5, 5.41) is 10.8. The first kappa shape index (κ1) is 18.6. The maximum absolute atomic E-state index is 5.53. The maximum atomic E-state index is 5.53. The Balaban J connectivity index is 1.84. The maximum Gasteiger partial charge on any atom is 0.195 e. The molecule has 0 aliphatic carbocycles.